The van der Waals surface area contributed by atoms with Crippen molar-refractivity contribution in [3.63, 3.8) is 0 Å². The van der Waals surface area contributed by atoms with Crippen LogP contribution >= 0.6 is 23.2 Å². The Morgan fingerprint density at radius 2 is 1.56 bits per heavy atom. The van der Waals surface area contributed by atoms with Crippen molar-refractivity contribution in [2.75, 3.05) is 22.5 Å². The summed E-state index contributed by atoms with van der Waals surface area (Å²) in [4.78, 5) is 51.9. The van der Waals surface area contributed by atoms with Gasteiger partial charge in [0.05, 0.1) is 28.2 Å². The minimum atomic E-state index is -1.10. The second-order valence-corrected chi connectivity index (χ2v) is 8.85. The van der Waals surface area contributed by atoms with E-state index < -0.39 is 28.8 Å². The fraction of sp³-hybridized carbons (Fsp3) is 0.261. The van der Waals surface area contributed by atoms with Crippen molar-refractivity contribution < 1.29 is 14.7 Å². The molecular formula is C23H22Cl2N4O5. The number of nitrogens with one attached hydrogen (secondary N) is 3. The Bertz CT molecular complexity index is 1260. The van der Waals surface area contributed by atoms with Gasteiger partial charge >= 0.3 is 5.97 Å². The molecule has 1 unspecified atom stereocenters. The van der Waals surface area contributed by atoms with Gasteiger partial charge in [0, 0.05) is 24.5 Å². The molecule has 2 aromatic carbocycles. The normalized spacial score (nSPS) is 11.9. The van der Waals surface area contributed by atoms with E-state index in [9.17, 15) is 24.3 Å². The van der Waals surface area contributed by atoms with Gasteiger partial charge in [-0.3, -0.25) is 24.2 Å². The number of anilines is 3. The summed E-state index contributed by atoms with van der Waals surface area (Å²) in [7, 11) is 0. The van der Waals surface area contributed by atoms with Crippen LogP contribution in [0.1, 0.15) is 42.2 Å². The smallest absolute Gasteiger partial charge is 0.305 e. The van der Waals surface area contributed by atoms with Gasteiger partial charge in [0.2, 0.25) is 0 Å². The molecule has 3 rings (SSSR count). The first-order valence-electron chi connectivity index (χ1n) is 10.3. The first kappa shape index (κ1) is 25.2. The van der Waals surface area contributed by atoms with Gasteiger partial charge in [-0.2, -0.15) is 0 Å². The van der Waals surface area contributed by atoms with Crippen molar-refractivity contribution >= 4 is 52.1 Å². The highest BCUT2D eigenvalue weighted by Gasteiger charge is 2.25. The highest BCUT2D eigenvalue weighted by Crippen LogP contribution is 2.30. The Balaban J connectivity index is 1.80. The fourth-order valence-electron chi connectivity index (χ4n) is 3.19. The van der Waals surface area contributed by atoms with Crippen LogP contribution < -0.4 is 26.8 Å². The van der Waals surface area contributed by atoms with E-state index in [1.54, 1.807) is 12.1 Å². The number of carbonyl (C=O) groups is 2. The summed E-state index contributed by atoms with van der Waals surface area (Å²) in [5.74, 6) is -1.34. The molecule has 34 heavy (non-hydrogen) atoms. The topological polar surface area (TPSA) is 137 Å². The summed E-state index contributed by atoms with van der Waals surface area (Å²) in [6.45, 7) is 4.39. The second-order valence-electron chi connectivity index (χ2n) is 8.03. The first-order valence-corrected chi connectivity index (χ1v) is 11.1. The number of rotatable bonds is 10. The Labute approximate surface area is 204 Å². The zero-order valence-electron chi connectivity index (χ0n) is 18.3. The molecule has 0 aliphatic heterocycles. The molecule has 178 valence electrons. The van der Waals surface area contributed by atoms with Crippen LogP contribution in [-0.2, 0) is 4.79 Å². The Kier molecular flexibility index (Phi) is 7.90. The Morgan fingerprint density at radius 1 is 0.971 bits per heavy atom. The zero-order valence-corrected chi connectivity index (χ0v) is 19.8. The molecule has 3 aromatic rings. The summed E-state index contributed by atoms with van der Waals surface area (Å²) in [5, 5.41) is 18.1. The van der Waals surface area contributed by atoms with Crippen LogP contribution in [0.3, 0.4) is 0 Å². The minimum Gasteiger partial charge on any atom is -0.481 e. The lowest BCUT2D eigenvalue weighted by molar-refractivity contribution is -0.137. The van der Waals surface area contributed by atoms with E-state index in [2.05, 4.69) is 20.9 Å². The molecule has 9 nitrogen and oxygen atoms in total. The molecule has 11 heteroatoms. The van der Waals surface area contributed by atoms with Crippen LogP contribution in [0.25, 0.3) is 0 Å². The Morgan fingerprint density at radius 3 is 2.12 bits per heavy atom. The lowest BCUT2D eigenvalue weighted by Gasteiger charge is -2.22. The molecule has 0 aliphatic rings. The van der Waals surface area contributed by atoms with E-state index >= 15 is 0 Å². The van der Waals surface area contributed by atoms with Crippen LogP contribution in [0, 0.1) is 5.92 Å². The zero-order chi connectivity index (χ0) is 25.0. The van der Waals surface area contributed by atoms with Crippen molar-refractivity contribution in [1.29, 1.82) is 0 Å². The number of hydrogen-bond donors (Lipinski definition) is 4. The van der Waals surface area contributed by atoms with E-state index in [0.717, 1.165) is 0 Å². The molecule has 1 heterocycles. The van der Waals surface area contributed by atoms with Crippen molar-refractivity contribution in [2.24, 2.45) is 5.92 Å². The molecule has 4 N–H and O–H groups in total. The van der Waals surface area contributed by atoms with E-state index in [0.29, 0.717) is 12.1 Å². The molecule has 0 radical (unpaired) electrons. The standard InChI is InChI=1S/C23H22Cl2N4O5/c1-11(2)8-27-19-20(22(33)21(19)32)28-16(7-17(30)31)12-3-5-13(6-4-12)23(34)29-18-14(24)9-26-10-15(18)25/h3-6,9-11,16,27-28H,7-8H2,1-2H3,(H,30,31)(H,26,29,34). The molecule has 0 fully saturated rings. The highest BCUT2D eigenvalue weighted by atomic mass is 35.5. The van der Waals surface area contributed by atoms with Crippen LogP contribution in [0.15, 0.2) is 46.2 Å². The third kappa shape index (κ3) is 5.73. The van der Waals surface area contributed by atoms with Gasteiger partial charge in [-0.25, -0.2) is 0 Å². The molecule has 0 bridgehead atoms. The number of aliphatic carboxylic acids is 1. The van der Waals surface area contributed by atoms with Gasteiger partial charge in [-0.1, -0.05) is 49.2 Å². The summed E-state index contributed by atoms with van der Waals surface area (Å²) >= 11 is 12.1. The molecule has 0 saturated carbocycles. The number of benzene rings is 1. The average Bonchev–Trinajstić information content (AvgIpc) is 2.79. The first-order chi connectivity index (χ1) is 16.1. The number of carboxylic acid groups (broad SMARTS) is 1. The number of halogens is 2. The van der Waals surface area contributed by atoms with Crippen LogP contribution in [0.4, 0.5) is 17.1 Å². The molecule has 1 aromatic heterocycles. The van der Waals surface area contributed by atoms with E-state index in [1.807, 2.05) is 13.8 Å². The van der Waals surface area contributed by atoms with Crippen LogP contribution in [0.2, 0.25) is 10.0 Å². The molecule has 0 aliphatic carbocycles. The number of amides is 1. The van der Waals surface area contributed by atoms with Gasteiger partial charge < -0.3 is 21.1 Å². The maximum absolute atomic E-state index is 12.6. The van der Waals surface area contributed by atoms with Crippen molar-refractivity contribution in [3.05, 3.63) is 78.3 Å². The number of hydrogen-bond acceptors (Lipinski definition) is 7. The third-order valence-corrected chi connectivity index (χ3v) is 5.54. The van der Waals surface area contributed by atoms with E-state index in [1.165, 1.54) is 24.5 Å². The van der Waals surface area contributed by atoms with Gasteiger partial charge in [0.25, 0.3) is 16.8 Å². The number of nitrogens with zero attached hydrogens (tertiary/aromatic N) is 1. The number of aromatic nitrogens is 1. The lowest BCUT2D eigenvalue weighted by atomic mass is 10.0. The van der Waals surface area contributed by atoms with Gasteiger partial charge in [0.1, 0.15) is 11.4 Å². The average molecular weight is 505 g/mol. The Hall–Kier alpha value is -3.43. The summed E-state index contributed by atoms with van der Waals surface area (Å²) in [6.07, 6.45) is 2.34. The van der Waals surface area contributed by atoms with Gasteiger partial charge in [-0.15, -0.1) is 0 Å². The van der Waals surface area contributed by atoms with Crippen molar-refractivity contribution in [1.82, 2.24) is 4.98 Å². The molecule has 1 atom stereocenters. The predicted molar refractivity (Wildman–Crippen MR) is 132 cm³/mol. The third-order valence-electron chi connectivity index (χ3n) is 4.96. The van der Waals surface area contributed by atoms with Gasteiger partial charge in [-0.05, 0) is 23.6 Å². The summed E-state index contributed by atoms with van der Waals surface area (Å²) < 4.78 is 0. The fourth-order valence-corrected chi connectivity index (χ4v) is 3.65. The van der Waals surface area contributed by atoms with Gasteiger partial charge in [0.15, 0.2) is 0 Å². The monoisotopic (exact) mass is 504 g/mol. The molecular weight excluding hydrogens is 483 g/mol. The minimum absolute atomic E-state index is 0.0562. The largest absolute Gasteiger partial charge is 0.481 e. The number of carboxylic acids is 1. The van der Waals surface area contributed by atoms with Crippen molar-refractivity contribution in [2.45, 2.75) is 26.3 Å². The molecule has 1 amide bonds. The second kappa shape index (κ2) is 10.7. The number of pyridine rings is 1. The predicted octanol–water partition coefficient (Wildman–Crippen LogP) is 3.93. The van der Waals surface area contributed by atoms with E-state index in [-0.39, 0.29) is 45.0 Å². The van der Waals surface area contributed by atoms with Crippen molar-refractivity contribution in [3.8, 4) is 0 Å². The van der Waals surface area contributed by atoms with Crippen LogP contribution in [-0.4, -0.2) is 28.5 Å². The lowest BCUT2D eigenvalue weighted by Crippen LogP contribution is -2.39. The highest BCUT2D eigenvalue weighted by molar-refractivity contribution is 6.39. The SMILES string of the molecule is CC(C)CNc1c(NC(CC(=O)O)c2ccc(C(=O)Nc3c(Cl)cncc3Cl)cc2)c(=O)c1=O. The molecule has 0 saturated heterocycles. The van der Waals surface area contributed by atoms with E-state index in [4.69, 9.17) is 23.2 Å². The number of carbonyl (C=O) groups excluding carboxylic acids is 1. The molecule has 0 spiro atoms. The summed E-state index contributed by atoms with van der Waals surface area (Å²) in [5.41, 5.74) is -0.130. The van der Waals surface area contributed by atoms with Crippen LogP contribution in [0.5, 0.6) is 0 Å². The maximum atomic E-state index is 12.6. The maximum Gasteiger partial charge on any atom is 0.305 e. The quantitative estimate of drug-likeness (QED) is 0.304. The summed E-state index contributed by atoms with van der Waals surface area (Å²) in [6, 6.07) is 5.34.